The smallest absolute Gasteiger partial charge is 0.333 e. The van der Waals surface area contributed by atoms with E-state index in [-0.39, 0.29) is 28.5 Å². The van der Waals surface area contributed by atoms with Crippen LogP contribution in [0.4, 0.5) is 0 Å². The van der Waals surface area contributed by atoms with Crippen LogP contribution >= 0.6 is 0 Å². The number of hydrogen-bond donors (Lipinski definition) is 1. The second-order valence-electron chi connectivity index (χ2n) is 11.7. The highest BCUT2D eigenvalue weighted by Gasteiger charge is 2.63. The van der Waals surface area contributed by atoms with Gasteiger partial charge in [-0.25, -0.2) is 4.79 Å². The van der Waals surface area contributed by atoms with Gasteiger partial charge in [0.2, 0.25) is 0 Å². The highest BCUT2D eigenvalue weighted by molar-refractivity contribution is 5.86. The zero-order valence-corrected chi connectivity index (χ0v) is 20.3. The summed E-state index contributed by atoms with van der Waals surface area (Å²) >= 11 is 0. The molecule has 2 saturated carbocycles. The molecule has 0 radical (unpaired) electrons. The summed E-state index contributed by atoms with van der Waals surface area (Å²) in [6.07, 6.45) is 11.2. The van der Waals surface area contributed by atoms with Crippen molar-refractivity contribution in [2.45, 2.75) is 103 Å². The molecule has 0 amide bonds. The van der Waals surface area contributed by atoms with E-state index in [1.807, 2.05) is 19.1 Å². The van der Waals surface area contributed by atoms with Crippen molar-refractivity contribution in [3.63, 3.8) is 0 Å². The molecule has 2 heterocycles. The van der Waals surface area contributed by atoms with Crippen LogP contribution in [-0.2, 0) is 19.0 Å². The summed E-state index contributed by atoms with van der Waals surface area (Å²) < 4.78 is 18.0. The van der Waals surface area contributed by atoms with Gasteiger partial charge in [0.15, 0.2) is 0 Å². The highest BCUT2D eigenvalue weighted by atomic mass is 16.7. The van der Waals surface area contributed by atoms with Crippen molar-refractivity contribution in [2.24, 2.45) is 22.7 Å². The molecular weight excluding hydrogens is 392 g/mol. The van der Waals surface area contributed by atoms with Gasteiger partial charge in [-0.15, -0.1) is 0 Å². The number of ether oxygens (including phenoxy) is 3. The third-order valence-electron chi connectivity index (χ3n) is 9.46. The van der Waals surface area contributed by atoms with E-state index in [0.29, 0.717) is 11.8 Å². The SMILES string of the molecule is COC1(/C=C/[C@]2(C)CC[C@@H]3[C@@]4(C)CC[C@@H](O)C(C)(C)[C@@H]4CC[C@@]3(C)O2)OC(=O)C=C1C. The zero-order valence-electron chi connectivity index (χ0n) is 20.3. The van der Waals surface area contributed by atoms with E-state index in [0.717, 1.165) is 44.1 Å². The molecule has 0 aromatic rings. The second kappa shape index (κ2) is 7.16. The van der Waals surface area contributed by atoms with Crippen molar-refractivity contribution in [2.75, 3.05) is 7.11 Å². The van der Waals surface area contributed by atoms with Crippen LogP contribution in [-0.4, -0.2) is 41.3 Å². The predicted octanol–water partition coefficient (Wildman–Crippen LogP) is 4.93. The lowest BCUT2D eigenvalue weighted by atomic mass is 9.44. The van der Waals surface area contributed by atoms with E-state index in [4.69, 9.17) is 14.2 Å². The Bertz CT molecular complexity index is 815. The first-order valence-electron chi connectivity index (χ1n) is 11.9. The number of carbonyl (C=O) groups is 1. The van der Waals surface area contributed by atoms with Crippen LogP contribution in [0.2, 0.25) is 0 Å². The van der Waals surface area contributed by atoms with E-state index < -0.39 is 11.4 Å². The van der Waals surface area contributed by atoms with Crippen molar-refractivity contribution in [3.8, 4) is 0 Å². The van der Waals surface area contributed by atoms with Crippen LogP contribution in [0.5, 0.6) is 0 Å². The number of cyclic esters (lactones) is 1. The molecule has 7 atom stereocenters. The molecule has 5 nitrogen and oxygen atoms in total. The van der Waals surface area contributed by atoms with Crippen molar-refractivity contribution < 1.29 is 24.1 Å². The molecule has 174 valence electrons. The number of esters is 1. The molecule has 4 aliphatic rings. The number of fused-ring (bicyclic) bond motifs is 3. The molecule has 0 spiro atoms. The van der Waals surface area contributed by atoms with Gasteiger partial charge in [0.1, 0.15) is 0 Å². The van der Waals surface area contributed by atoms with Crippen molar-refractivity contribution in [1.82, 2.24) is 0 Å². The van der Waals surface area contributed by atoms with Gasteiger partial charge in [-0.3, -0.25) is 0 Å². The summed E-state index contributed by atoms with van der Waals surface area (Å²) in [6.45, 7) is 13.2. The summed E-state index contributed by atoms with van der Waals surface area (Å²) in [7, 11) is 1.56. The standard InChI is InChI=1S/C26H40O5/c1-17-16-21(28)30-26(17,29-7)15-14-23(4)11-8-19-24(5)12-10-20(27)22(2,3)18(24)9-13-25(19,6)31-23/h14-16,18-20,27H,8-13H2,1-7H3/b15-14+/t18-,19+,20+,23-,24-,25+,26?/m0/s1. The van der Waals surface area contributed by atoms with Gasteiger partial charge in [0, 0.05) is 18.8 Å². The minimum Gasteiger partial charge on any atom is -0.422 e. The number of carbonyl (C=O) groups excluding carboxylic acids is 1. The first-order chi connectivity index (χ1) is 14.3. The monoisotopic (exact) mass is 432 g/mol. The molecule has 1 N–H and O–H groups in total. The van der Waals surface area contributed by atoms with Crippen LogP contribution < -0.4 is 0 Å². The van der Waals surface area contributed by atoms with Gasteiger partial charge in [0.25, 0.3) is 5.79 Å². The number of rotatable bonds is 3. The van der Waals surface area contributed by atoms with E-state index in [9.17, 15) is 9.90 Å². The third-order valence-corrected chi connectivity index (χ3v) is 9.46. The Morgan fingerprint density at radius 2 is 1.71 bits per heavy atom. The second-order valence-corrected chi connectivity index (χ2v) is 11.7. The van der Waals surface area contributed by atoms with Crippen molar-refractivity contribution >= 4 is 5.97 Å². The molecule has 31 heavy (non-hydrogen) atoms. The van der Waals surface area contributed by atoms with Crippen LogP contribution in [0.15, 0.2) is 23.8 Å². The molecule has 2 aliphatic carbocycles. The van der Waals surface area contributed by atoms with Crippen molar-refractivity contribution in [3.05, 3.63) is 23.8 Å². The molecular formula is C26H40O5. The lowest BCUT2D eigenvalue weighted by molar-refractivity contribution is -0.262. The Labute approximate surface area is 187 Å². The quantitative estimate of drug-likeness (QED) is 0.506. The number of aliphatic hydroxyl groups is 1. The maximum absolute atomic E-state index is 11.8. The molecule has 5 heteroatoms. The largest absolute Gasteiger partial charge is 0.422 e. The maximum atomic E-state index is 11.8. The summed E-state index contributed by atoms with van der Waals surface area (Å²) in [6, 6.07) is 0. The van der Waals surface area contributed by atoms with Crippen LogP contribution in [0.3, 0.4) is 0 Å². The fraction of sp³-hybridized carbons (Fsp3) is 0.808. The zero-order chi connectivity index (χ0) is 22.9. The lowest BCUT2D eigenvalue weighted by Gasteiger charge is -2.66. The molecule has 1 saturated heterocycles. The van der Waals surface area contributed by atoms with E-state index >= 15 is 0 Å². The first-order valence-corrected chi connectivity index (χ1v) is 11.9. The Morgan fingerprint density at radius 1 is 1.03 bits per heavy atom. The number of aliphatic hydroxyl groups excluding tert-OH is 1. The van der Waals surface area contributed by atoms with Crippen LogP contribution in [0, 0.1) is 22.7 Å². The predicted molar refractivity (Wildman–Crippen MR) is 119 cm³/mol. The third kappa shape index (κ3) is 3.43. The van der Waals surface area contributed by atoms with Crippen molar-refractivity contribution in [1.29, 1.82) is 0 Å². The van der Waals surface area contributed by atoms with Gasteiger partial charge in [0.05, 0.1) is 17.3 Å². The molecule has 0 aromatic carbocycles. The fourth-order valence-corrected chi connectivity index (χ4v) is 7.65. The minimum atomic E-state index is -1.13. The number of methoxy groups -OCH3 is 1. The van der Waals surface area contributed by atoms with Gasteiger partial charge in [-0.05, 0) is 88.0 Å². The van der Waals surface area contributed by atoms with Gasteiger partial charge < -0.3 is 19.3 Å². The lowest BCUT2D eigenvalue weighted by Crippen LogP contribution is -2.64. The summed E-state index contributed by atoms with van der Waals surface area (Å²) in [4.78, 5) is 11.8. The molecule has 0 bridgehead atoms. The van der Waals surface area contributed by atoms with Gasteiger partial charge >= 0.3 is 5.97 Å². The van der Waals surface area contributed by atoms with Crippen LogP contribution in [0.1, 0.15) is 80.1 Å². The Morgan fingerprint density at radius 3 is 2.32 bits per heavy atom. The molecule has 3 fully saturated rings. The van der Waals surface area contributed by atoms with Crippen LogP contribution in [0.25, 0.3) is 0 Å². The summed E-state index contributed by atoms with van der Waals surface area (Å²) in [5.74, 6) is -0.532. The molecule has 2 aliphatic heterocycles. The highest BCUT2D eigenvalue weighted by Crippen LogP contribution is 2.65. The Kier molecular flexibility index (Phi) is 5.32. The molecule has 1 unspecified atom stereocenters. The molecule has 4 rings (SSSR count). The number of hydrogen-bond acceptors (Lipinski definition) is 5. The average Bonchev–Trinajstić information content (AvgIpc) is 2.96. The topological polar surface area (TPSA) is 65.0 Å². The summed E-state index contributed by atoms with van der Waals surface area (Å²) in [5.41, 5.74) is 0.207. The Balaban J connectivity index is 1.58. The summed E-state index contributed by atoms with van der Waals surface area (Å²) in [5, 5.41) is 10.7. The first kappa shape index (κ1) is 23.0. The maximum Gasteiger partial charge on any atom is 0.333 e. The fourth-order valence-electron chi connectivity index (χ4n) is 7.65. The molecule has 0 aromatic heterocycles. The van der Waals surface area contributed by atoms with E-state index in [1.54, 1.807) is 7.11 Å². The normalized spacial score (nSPS) is 49.4. The van der Waals surface area contributed by atoms with Gasteiger partial charge in [-0.1, -0.05) is 26.8 Å². The van der Waals surface area contributed by atoms with E-state index in [1.165, 1.54) is 6.08 Å². The van der Waals surface area contributed by atoms with Gasteiger partial charge in [-0.2, -0.15) is 0 Å². The van der Waals surface area contributed by atoms with E-state index in [2.05, 4.69) is 34.6 Å². The average molecular weight is 433 g/mol. The minimum absolute atomic E-state index is 0.0595. The Hall–Kier alpha value is -1.17.